The van der Waals surface area contributed by atoms with E-state index in [1.54, 1.807) is 4.90 Å². The van der Waals surface area contributed by atoms with Crippen molar-refractivity contribution in [2.75, 3.05) is 6.54 Å². The number of ketones is 1. The zero-order valence-corrected chi connectivity index (χ0v) is 9.50. The van der Waals surface area contributed by atoms with Crippen LogP contribution >= 0.6 is 0 Å². The Morgan fingerprint density at radius 1 is 1.35 bits per heavy atom. The number of rotatable bonds is 3. The predicted octanol–water partition coefficient (Wildman–Crippen LogP) is 1.30. The van der Waals surface area contributed by atoms with Gasteiger partial charge in [0.15, 0.2) is 11.8 Å². The van der Waals surface area contributed by atoms with Gasteiger partial charge in [0.25, 0.3) is 0 Å². The molecule has 90 valence electrons. The Morgan fingerprint density at radius 3 is 2.71 bits per heavy atom. The van der Waals surface area contributed by atoms with Crippen LogP contribution in [0.1, 0.15) is 18.4 Å². The van der Waals surface area contributed by atoms with Gasteiger partial charge in [0.1, 0.15) is 0 Å². The molecule has 0 amide bonds. The second-order valence-corrected chi connectivity index (χ2v) is 4.27. The molecule has 1 unspecified atom stereocenters. The van der Waals surface area contributed by atoms with Gasteiger partial charge in [-0.25, -0.2) is 0 Å². The molecule has 1 saturated heterocycles. The third-order valence-corrected chi connectivity index (χ3v) is 3.00. The molecule has 1 aliphatic rings. The minimum atomic E-state index is -1.04. The van der Waals surface area contributed by atoms with Crippen molar-refractivity contribution < 1.29 is 14.7 Å². The maximum Gasteiger partial charge on any atom is 0.328 e. The van der Waals surface area contributed by atoms with E-state index in [2.05, 4.69) is 0 Å². The molecule has 1 heterocycles. The van der Waals surface area contributed by atoms with Crippen molar-refractivity contribution >= 4 is 11.8 Å². The quantitative estimate of drug-likeness (QED) is 0.800. The van der Waals surface area contributed by atoms with E-state index in [0.29, 0.717) is 19.5 Å². The van der Waals surface area contributed by atoms with Gasteiger partial charge < -0.3 is 5.11 Å². The number of nitrogens with zero attached hydrogens (tertiary/aromatic N) is 1. The smallest absolute Gasteiger partial charge is 0.328 e. The van der Waals surface area contributed by atoms with Gasteiger partial charge in [0.2, 0.25) is 0 Å². The number of carboxylic acids is 1. The van der Waals surface area contributed by atoms with Crippen molar-refractivity contribution in [1.29, 1.82) is 0 Å². The van der Waals surface area contributed by atoms with Crippen LogP contribution in [0, 0.1) is 0 Å². The number of hydrogen-bond acceptors (Lipinski definition) is 3. The largest absolute Gasteiger partial charge is 0.480 e. The Bertz CT molecular complexity index is 416. The molecule has 0 spiro atoms. The van der Waals surface area contributed by atoms with Gasteiger partial charge in [-0.3, -0.25) is 14.5 Å². The van der Waals surface area contributed by atoms with E-state index < -0.39 is 12.0 Å². The first-order chi connectivity index (χ1) is 8.18. The van der Waals surface area contributed by atoms with E-state index >= 15 is 0 Å². The molecule has 17 heavy (non-hydrogen) atoms. The van der Waals surface area contributed by atoms with Gasteiger partial charge >= 0.3 is 5.97 Å². The molecule has 2 rings (SSSR count). The monoisotopic (exact) mass is 233 g/mol. The van der Waals surface area contributed by atoms with E-state index in [0.717, 1.165) is 12.0 Å². The third-order valence-electron chi connectivity index (χ3n) is 3.00. The SMILES string of the molecule is O=C(O)C1C(=O)CCCN1Cc1ccccc1. The molecule has 0 bridgehead atoms. The van der Waals surface area contributed by atoms with Crippen LogP contribution in [0.2, 0.25) is 0 Å². The summed E-state index contributed by atoms with van der Waals surface area (Å²) < 4.78 is 0. The molecule has 0 saturated carbocycles. The fourth-order valence-corrected chi connectivity index (χ4v) is 2.21. The molecule has 4 heteroatoms. The molecule has 1 N–H and O–H groups in total. The number of likely N-dealkylation sites (tertiary alicyclic amines) is 1. The van der Waals surface area contributed by atoms with Crippen LogP contribution in [0.3, 0.4) is 0 Å². The lowest BCUT2D eigenvalue weighted by Gasteiger charge is -2.31. The highest BCUT2D eigenvalue weighted by molar-refractivity contribution is 6.02. The highest BCUT2D eigenvalue weighted by atomic mass is 16.4. The van der Waals surface area contributed by atoms with E-state index in [4.69, 9.17) is 5.11 Å². The average Bonchev–Trinajstić information content (AvgIpc) is 2.30. The van der Waals surface area contributed by atoms with E-state index in [9.17, 15) is 9.59 Å². The number of hydrogen-bond donors (Lipinski definition) is 1. The van der Waals surface area contributed by atoms with Crippen LogP contribution in [0.25, 0.3) is 0 Å². The Kier molecular flexibility index (Phi) is 3.54. The Labute approximate surface area is 99.9 Å². The normalized spacial score (nSPS) is 21.4. The zero-order valence-electron chi connectivity index (χ0n) is 9.50. The highest BCUT2D eigenvalue weighted by Gasteiger charge is 2.35. The summed E-state index contributed by atoms with van der Waals surface area (Å²) in [5.74, 6) is -1.22. The van der Waals surface area contributed by atoms with Gasteiger partial charge in [0.05, 0.1) is 0 Å². The molecule has 1 fully saturated rings. The van der Waals surface area contributed by atoms with E-state index in [-0.39, 0.29) is 5.78 Å². The second kappa shape index (κ2) is 5.10. The van der Waals surface area contributed by atoms with Gasteiger partial charge in [-0.05, 0) is 12.0 Å². The lowest BCUT2D eigenvalue weighted by molar-refractivity contribution is -0.150. The van der Waals surface area contributed by atoms with E-state index in [1.165, 1.54) is 0 Å². The van der Waals surface area contributed by atoms with Crippen LogP contribution in [0.4, 0.5) is 0 Å². The standard InChI is InChI=1S/C13H15NO3/c15-11-7-4-8-14(12(11)13(16)17)9-10-5-2-1-3-6-10/h1-3,5-6,12H,4,7-9H2,(H,16,17). The number of piperidine rings is 1. The first-order valence-corrected chi connectivity index (χ1v) is 5.72. The molecule has 1 atom stereocenters. The molecule has 1 aromatic carbocycles. The minimum absolute atomic E-state index is 0.181. The van der Waals surface area contributed by atoms with Crippen molar-refractivity contribution in [2.45, 2.75) is 25.4 Å². The van der Waals surface area contributed by atoms with Gasteiger partial charge in [-0.1, -0.05) is 30.3 Å². The summed E-state index contributed by atoms with van der Waals surface area (Å²) in [6.45, 7) is 1.18. The summed E-state index contributed by atoms with van der Waals surface area (Å²) >= 11 is 0. The molecule has 1 aromatic rings. The first-order valence-electron chi connectivity index (χ1n) is 5.72. The molecule has 1 aliphatic heterocycles. The Hall–Kier alpha value is -1.68. The summed E-state index contributed by atoms with van der Waals surface area (Å²) in [4.78, 5) is 24.5. The van der Waals surface area contributed by atoms with Gasteiger partial charge in [-0.15, -0.1) is 0 Å². The minimum Gasteiger partial charge on any atom is -0.480 e. The zero-order chi connectivity index (χ0) is 12.3. The van der Waals surface area contributed by atoms with Gasteiger partial charge in [-0.2, -0.15) is 0 Å². The van der Waals surface area contributed by atoms with Gasteiger partial charge in [0, 0.05) is 19.5 Å². The van der Waals surface area contributed by atoms with Crippen LogP contribution in [-0.2, 0) is 16.1 Å². The van der Waals surface area contributed by atoms with Crippen molar-refractivity contribution in [1.82, 2.24) is 4.90 Å². The number of aliphatic carboxylic acids is 1. The van der Waals surface area contributed by atoms with Crippen molar-refractivity contribution in [3.8, 4) is 0 Å². The summed E-state index contributed by atoms with van der Waals surface area (Å²) in [6, 6.07) is 8.66. The van der Waals surface area contributed by atoms with E-state index in [1.807, 2.05) is 30.3 Å². The Morgan fingerprint density at radius 2 is 2.06 bits per heavy atom. The predicted molar refractivity (Wildman–Crippen MR) is 62.5 cm³/mol. The maximum atomic E-state index is 11.6. The topological polar surface area (TPSA) is 57.6 Å². The molecule has 0 aliphatic carbocycles. The summed E-state index contributed by atoms with van der Waals surface area (Å²) in [5.41, 5.74) is 1.04. The molecular weight excluding hydrogens is 218 g/mol. The van der Waals surface area contributed by atoms with Crippen molar-refractivity contribution in [2.24, 2.45) is 0 Å². The lowest BCUT2D eigenvalue weighted by atomic mass is 10.00. The highest BCUT2D eigenvalue weighted by Crippen LogP contribution is 2.17. The Balaban J connectivity index is 2.13. The fourth-order valence-electron chi connectivity index (χ4n) is 2.21. The maximum absolute atomic E-state index is 11.6. The molecular formula is C13H15NO3. The number of benzene rings is 1. The summed E-state index contributed by atoms with van der Waals surface area (Å²) in [6.07, 6.45) is 1.12. The molecule has 0 radical (unpaired) electrons. The molecule has 0 aromatic heterocycles. The van der Waals surface area contributed by atoms with Crippen LogP contribution < -0.4 is 0 Å². The summed E-state index contributed by atoms with van der Waals surface area (Å²) in [7, 11) is 0. The number of Topliss-reactive ketones (excluding diaryl/α,β-unsaturated/α-hetero) is 1. The van der Waals surface area contributed by atoms with Crippen molar-refractivity contribution in [3.05, 3.63) is 35.9 Å². The number of carbonyl (C=O) groups is 2. The van der Waals surface area contributed by atoms with Crippen LogP contribution in [-0.4, -0.2) is 34.3 Å². The fraction of sp³-hybridized carbons (Fsp3) is 0.385. The number of carboxylic acid groups (broad SMARTS) is 1. The first kappa shape index (κ1) is 11.8. The van der Waals surface area contributed by atoms with Crippen molar-refractivity contribution in [3.63, 3.8) is 0 Å². The molecule has 4 nitrogen and oxygen atoms in total. The third kappa shape index (κ3) is 2.71. The lowest BCUT2D eigenvalue weighted by Crippen LogP contribution is -2.49. The van der Waals surface area contributed by atoms with Crippen LogP contribution in [0.15, 0.2) is 30.3 Å². The van der Waals surface area contributed by atoms with Crippen LogP contribution in [0.5, 0.6) is 0 Å². The average molecular weight is 233 g/mol. The number of carbonyl (C=O) groups excluding carboxylic acids is 1. The second-order valence-electron chi connectivity index (χ2n) is 4.27. The summed E-state index contributed by atoms with van der Waals surface area (Å²) in [5, 5.41) is 9.09.